The summed E-state index contributed by atoms with van der Waals surface area (Å²) in [6.07, 6.45) is 0. The van der Waals surface area contributed by atoms with Crippen LogP contribution in [0.15, 0.2) is 60.7 Å². The van der Waals surface area contributed by atoms with Crippen molar-refractivity contribution in [3.8, 4) is 0 Å². The van der Waals surface area contributed by atoms with Crippen LogP contribution in [0.5, 0.6) is 0 Å². The first-order valence-corrected chi connectivity index (χ1v) is 9.38. The van der Waals surface area contributed by atoms with E-state index in [9.17, 15) is 4.79 Å². The van der Waals surface area contributed by atoms with Crippen LogP contribution < -0.4 is 16.8 Å². The molecule has 4 rings (SSSR count). The van der Waals surface area contributed by atoms with Crippen molar-refractivity contribution in [2.75, 3.05) is 11.5 Å². The zero-order chi connectivity index (χ0) is 20.4. The third-order valence-electron chi connectivity index (χ3n) is 4.57. The number of fused-ring (bicyclic) bond motifs is 1. The van der Waals surface area contributed by atoms with Gasteiger partial charge in [-0.1, -0.05) is 54.1 Å². The molecule has 0 saturated carbocycles. The van der Waals surface area contributed by atoms with E-state index in [1.165, 1.54) is 6.07 Å². The summed E-state index contributed by atoms with van der Waals surface area (Å²) in [7, 11) is 0. The minimum atomic E-state index is -0.442. The number of anilines is 2. The number of aromatic nitrogens is 3. The second kappa shape index (κ2) is 7.81. The number of rotatable bonds is 5. The topological polar surface area (TPSA) is 112 Å². The SMILES string of the molecule is Nc1cc(N)c(C(=O)NCc2nc3ccccc3n2Cc2ccccc2)nc1Cl. The van der Waals surface area contributed by atoms with Gasteiger partial charge in [0.15, 0.2) is 10.8 Å². The number of imidazole rings is 1. The van der Waals surface area contributed by atoms with Crippen LogP contribution >= 0.6 is 11.6 Å². The molecular weight excluding hydrogens is 388 g/mol. The summed E-state index contributed by atoms with van der Waals surface area (Å²) in [6, 6.07) is 19.4. The Bertz CT molecular complexity index is 1190. The van der Waals surface area contributed by atoms with Gasteiger partial charge in [0.25, 0.3) is 5.91 Å². The number of carbonyl (C=O) groups is 1. The predicted molar refractivity (Wildman–Crippen MR) is 115 cm³/mol. The van der Waals surface area contributed by atoms with Gasteiger partial charge in [-0.05, 0) is 23.8 Å². The van der Waals surface area contributed by atoms with E-state index in [4.69, 9.17) is 23.1 Å². The molecule has 2 aromatic heterocycles. The average Bonchev–Trinajstić information content (AvgIpc) is 3.07. The molecule has 0 atom stereocenters. The standard InChI is InChI=1S/C21H19ClN6O/c22-20-15(24)10-14(23)19(27-20)21(29)25-11-18-26-16-8-4-5-9-17(16)28(18)12-13-6-2-1-3-7-13/h1-10H,11-12,23-24H2,(H,25,29). The summed E-state index contributed by atoms with van der Waals surface area (Å²) in [4.78, 5) is 21.3. The first-order chi connectivity index (χ1) is 14.0. The second-order valence-corrected chi connectivity index (χ2v) is 6.94. The van der Waals surface area contributed by atoms with Crippen LogP contribution in [0, 0.1) is 0 Å². The summed E-state index contributed by atoms with van der Waals surface area (Å²) in [5, 5.41) is 2.87. The number of benzene rings is 2. The van der Waals surface area contributed by atoms with E-state index in [2.05, 4.69) is 32.0 Å². The Morgan fingerprint density at radius 1 is 1.00 bits per heavy atom. The minimum Gasteiger partial charge on any atom is -0.397 e. The number of pyridine rings is 1. The zero-order valence-electron chi connectivity index (χ0n) is 15.5. The fourth-order valence-corrected chi connectivity index (χ4v) is 3.29. The molecule has 0 unspecified atom stereocenters. The summed E-state index contributed by atoms with van der Waals surface area (Å²) < 4.78 is 2.08. The van der Waals surface area contributed by atoms with E-state index in [1.54, 1.807) is 0 Å². The quantitative estimate of drug-likeness (QED) is 0.440. The lowest BCUT2D eigenvalue weighted by Gasteiger charge is -2.11. The molecule has 2 heterocycles. The van der Waals surface area contributed by atoms with Crippen molar-refractivity contribution in [1.82, 2.24) is 19.9 Å². The van der Waals surface area contributed by atoms with Crippen molar-refractivity contribution in [3.63, 3.8) is 0 Å². The normalized spacial score (nSPS) is 10.9. The monoisotopic (exact) mass is 406 g/mol. The van der Waals surface area contributed by atoms with E-state index in [0.717, 1.165) is 22.4 Å². The van der Waals surface area contributed by atoms with Gasteiger partial charge in [-0.25, -0.2) is 9.97 Å². The van der Waals surface area contributed by atoms with Crippen molar-refractivity contribution in [2.45, 2.75) is 13.1 Å². The molecule has 7 nitrogen and oxygen atoms in total. The molecule has 4 aromatic rings. The Labute approximate surface area is 172 Å². The van der Waals surface area contributed by atoms with Gasteiger partial charge in [-0.15, -0.1) is 0 Å². The summed E-state index contributed by atoms with van der Waals surface area (Å²) in [5.41, 5.74) is 15.0. The Balaban J connectivity index is 1.62. The van der Waals surface area contributed by atoms with Gasteiger partial charge in [0, 0.05) is 6.54 Å². The zero-order valence-corrected chi connectivity index (χ0v) is 16.2. The largest absolute Gasteiger partial charge is 0.397 e. The van der Waals surface area contributed by atoms with Crippen LogP contribution in [0.25, 0.3) is 11.0 Å². The Morgan fingerprint density at radius 3 is 2.52 bits per heavy atom. The second-order valence-electron chi connectivity index (χ2n) is 6.58. The maximum Gasteiger partial charge on any atom is 0.272 e. The van der Waals surface area contributed by atoms with Crippen LogP contribution in [0.1, 0.15) is 21.9 Å². The third kappa shape index (κ3) is 3.86. The van der Waals surface area contributed by atoms with Crippen molar-refractivity contribution in [3.05, 3.63) is 82.9 Å². The fourth-order valence-electron chi connectivity index (χ4n) is 3.15. The molecule has 146 valence electrons. The molecule has 2 aromatic carbocycles. The van der Waals surface area contributed by atoms with E-state index in [-0.39, 0.29) is 28.8 Å². The van der Waals surface area contributed by atoms with Gasteiger partial charge in [-0.2, -0.15) is 0 Å². The van der Waals surface area contributed by atoms with Crippen LogP contribution in [0.3, 0.4) is 0 Å². The fraction of sp³-hybridized carbons (Fsp3) is 0.0952. The lowest BCUT2D eigenvalue weighted by atomic mass is 10.2. The van der Waals surface area contributed by atoms with Crippen molar-refractivity contribution in [1.29, 1.82) is 0 Å². The van der Waals surface area contributed by atoms with Gasteiger partial charge < -0.3 is 21.4 Å². The number of hydrogen-bond acceptors (Lipinski definition) is 5. The molecule has 0 saturated heterocycles. The molecule has 0 bridgehead atoms. The number of nitrogens with zero attached hydrogens (tertiary/aromatic N) is 3. The third-order valence-corrected chi connectivity index (χ3v) is 4.87. The lowest BCUT2D eigenvalue weighted by Crippen LogP contribution is -2.27. The smallest absolute Gasteiger partial charge is 0.272 e. The van der Waals surface area contributed by atoms with E-state index in [0.29, 0.717) is 6.54 Å². The molecule has 1 amide bonds. The molecule has 0 spiro atoms. The summed E-state index contributed by atoms with van der Waals surface area (Å²) in [5.74, 6) is 0.284. The van der Waals surface area contributed by atoms with E-state index in [1.807, 2.05) is 42.5 Å². The number of amides is 1. The summed E-state index contributed by atoms with van der Waals surface area (Å²) >= 11 is 5.93. The van der Waals surface area contributed by atoms with Gasteiger partial charge in [0.05, 0.1) is 29.0 Å². The molecule has 29 heavy (non-hydrogen) atoms. The Kier molecular flexibility index (Phi) is 5.05. The van der Waals surface area contributed by atoms with E-state index >= 15 is 0 Å². The number of nitrogens with one attached hydrogen (secondary N) is 1. The Hall–Kier alpha value is -3.58. The first-order valence-electron chi connectivity index (χ1n) is 9.00. The maximum absolute atomic E-state index is 12.6. The number of nitrogens with two attached hydrogens (primary N) is 2. The predicted octanol–water partition coefficient (Wildman–Crippen LogP) is 3.23. The molecule has 0 aliphatic carbocycles. The number of carbonyl (C=O) groups excluding carboxylic acids is 1. The highest BCUT2D eigenvalue weighted by Gasteiger charge is 2.16. The molecule has 5 N–H and O–H groups in total. The first kappa shape index (κ1) is 18.8. The van der Waals surface area contributed by atoms with Crippen LogP contribution in [-0.4, -0.2) is 20.4 Å². The minimum absolute atomic E-state index is 0.0370. The number of para-hydroxylation sites is 2. The lowest BCUT2D eigenvalue weighted by molar-refractivity contribution is 0.0945. The van der Waals surface area contributed by atoms with Gasteiger partial charge >= 0.3 is 0 Å². The van der Waals surface area contributed by atoms with Gasteiger partial charge in [0.1, 0.15) is 5.82 Å². The Morgan fingerprint density at radius 2 is 1.72 bits per heavy atom. The van der Waals surface area contributed by atoms with Crippen LogP contribution in [-0.2, 0) is 13.1 Å². The average molecular weight is 407 g/mol. The molecular formula is C21H19ClN6O. The van der Waals surface area contributed by atoms with Crippen molar-refractivity contribution in [2.24, 2.45) is 0 Å². The number of nitrogen functional groups attached to an aromatic ring is 2. The van der Waals surface area contributed by atoms with Crippen LogP contribution in [0.2, 0.25) is 5.15 Å². The number of halogens is 1. The van der Waals surface area contributed by atoms with E-state index < -0.39 is 5.91 Å². The highest BCUT2D eigenvalue weighted by molar-refractivity contribution is 6.32. The molecule has 0 fully saturated rings. The highest BCUT2D eigenvalue weighted by atomic mass is 35.5. The van der Waals surface area contributed by atoms with Gasteiger partial charge in [-0.3, -0.25) is 4.79 Å². The summed E-state index contributed by atoms with van der Waals surface area (Å²) in [6.45, 7) is 0.851. The van der Waals surface area contributed by atoms with Crippen molar-refractivity contribution < 1.29 is 4.79 Å². The molecule has 0 radical (unpaired) electrons. The molecule has 0 aliphatic rings. The maximum atomic E-state index is 12.6. The van der Waals surface area contributed by atoms with Crippen LogP contribution in [0.4, 0.5) is 11.4 Å². The number of hydrogen-bond donors (Lipinski definition) is 3. The highest BCUT2D eigenvalue weighted by Crippen LogP contribution is 2.22. The van der Waals surface area contributed by atoms with Crippen molar-refractivity contribution >= 4 is 39.9 Å². The molecule has 0 aliphatic heterocycles. The molecule has 8 heteroatoms. The van der Waals surface area contributed by atoms with Gasteiger partial charge in [0.2, 0.25) is 0 Å².